The summed E-state index contributed by atoms with van der Waals surface area (Å²) >= 11 is 6.34. The Labute approximate surface area is 182 Å². The molecule has 0 spiro atoms. The highest BCUT2D eigenvalue weighted by atomic mass is 35.5. The van der Waals surface area contributed by atoms with Crippen LogP contribution in [0.4, 0.5) is 5.69 Å². The fourth-order valence-corrected chi connectivity index (χ4v) is 4.77. The summed E-state index contributed by atoms with van der Waals surface area (Å²) in [6.45, 7) is 1.98. The number of nitrogens with zero attached hydrogens (tertiary/aromatic N) is 1. The number of carboxylic acids is 1. The number of halogens is 1. The van der Waals surface area contributed by atoms with Gasteiger partial charge in [0.1, 0.15) is 0 Å². The summed E-state index contributed by atoms with van der Waals surface area (Å²) in [5.41, 5.74) is 8.72. The minimum Gasteiger partial charge on any atom is -0.478 e. The van der Waals surface area contributed by atoms with Gasteiger partial charge < -0.3 is 15.7 Å². The minimum absolute atomic E-state index is 0.176. The maximum Gasteiger partial charge on any atom is 0.335 e. The zero-order valence-electron chi connectivity index (χ0n) is 17.5. The predicted molar refractivity (Wildman–Crippen MR) is 120 cm³/mol. The van der Waals surface area contributed by atoms with E-state index in [1.165, 1.54) is 31.4 Å². The smallest absolute Gasteiger partial charge is 0.335 e. The Kier molecular flexibility index (Phi) is 7.03. The molecule has 0 saturated heterocycles. The van der Waals surface area contributed by atoms with Crippen LogP contribution in [0.15, 0.2) is 42.5 Å². The summed E-state index contributed by atoms with van der Waals surface area (Å²) < 4.78 is 0. The van der Waals surface area contributed by atoms with E-state index in [1.807, 2.05) is 25.1 Å². The second-order valence-corrected chi connectivity index (χ2v) is 8.64. The number of benzene rings is 2. The minimum atomic E-state index is -1.00. The SMILES string of the molecule is CC(c1cc(Cl)ccc1N(C)C1CCCCC1)C(C(N)=O)c1ccc(C(=O)O)cc1. The third-order valence-corrected chi connectivity index (χ3v) is 6.54. The van der Waals surface area contributed by atoms with Gasteiger partial charge in [0.15, 0.2) is 0 Å². The number of rotatable bonds is 7. The van der Waals surface area contributed by atoms with Gasteiger partial charge in [-0.05, 0) is 60.2 Å². The van der Waals surface area contributed by atoms with Crippen LogP contribution in [-0.4, -0.2) is 30.1 Å². The van der Waals surface area contributed by atoms with E-state index < -0.39 is 17.8 Å². The number of nitrogens with two attached hydrogens (primary N) is 1. The number of amides is 1. The molecule has 1 aliphatic carbocycles. The standard InChI is InChI=1S/C24H29ClN2O3/c1-15(22(23(26)28)16-8-10-17(11-9-16)24(29)30)20-14-18(25)12-13-21(20)27(2)19-6-4-3-5-7-19/h8-15,19,22H,3-7H2,1-2H3,(H2,26,28)(H,29,30). The van der Waals surface area contributed by atoms with Gasteiger partial charge in [-0.25, -0.2) is 4.79 Å². The van der Waals surface area contributed by atoms with Crippen molar-refractivity contribution in [1.82, 2.24) is 0 Å². The van der Waals surface area contributed by atoms with Crippen molar-refractivity contribution in [3.63, 3.8) is 0 Å². The van der Waals surface area contributed by atoms with Crippen LogP contribution < -0.4 is 10.6 Å². The van der Waals surface area contributed by atoms with E-state index in [4.69, 9.17) is 22.4 Å². The normalized spacial score (nSPS) is 16.6. The van der Waals surface area contributed by atoms with Gasteiger partial charge in [-0.15, -0.1) is 0 Å². The Bertz CT molecular complexity index is 907. The second kappa shape index (κ2) is 9.52. The lowest BCUT2D eigenvalue weighted by atomic mass is 9.81. The first-order valence-electron chi connectivity index (χ1n) is 10.4. The first-order chi connectivity index (χ1) is 14.3. The number of aromatic carboxylic acids is 1. The van der Waals surface area contributed by atoms with E-state index in [0.717, 1.165) is 24.1 Å². The topological polar surface area (TPSA) is 83.6 Å². The number of primary amides is 1. The second-order valence-electron chi connectivity index (χ2n) is 8.20. The summed E-state index contributed by atoms with van der Waals surface area (Å²) in [6, 6.07) is 12.6. The first-order valence-corrected chi connectivity index (χ1v) is 10.8. The third kappa shape index (κ3) is 4.78. The van der Waals surface area contributed by atoms with Crippen molar-refractivity contribution in [2.45, 2.75) is 56.9 Å². The summed E-state index contributed by atoms with van der Waals surface area (Å²) in [5, 5.41) is 9.76. The molecule has 6 heteroatoms. The Morgan fingerprint density at radius 2 is 1.73 bits per heavy atom. The van der Waals surface area contributed by atoms with Crippen LogP contribution in [0, 0.1) is 0 Å². The summed E-state index contributed by atoms with van der Waals surface area (Å²) in [5.74, 6) is -2.27. The van der Waals surface area contributed by atoms with Gasteiger partial charge in [0.25, 0.3) is 0 Å². The highest BCUT2D eigenvalue weighted by Crippen LogP contribution is 2.40. The van der Waals surface area contributed by atoms with E-state index in [2.05, 4.69) is 11.9 Å². The molecule has 0 heterocycles. The number of hydrogen-bond donors (Lipinski definition) is 2. The van der Waals surface area contributed by atoms with Crippen LogP contribution in [-0.2, 0) is 4.79 Å². The van der Waals surface area contributed by atoms with Crippen LogP contribution in [0.25, 0.3) is 0 Å². The van der Waals surface area contributed by atoms with Crippen molar-refractivity contribution in [1.29, 1.82) is 0 Å². The van der Waals surface area contributed by atoms with Gasteiger partial charge in [-0.1, -0.05) is 49.9 Å². The van der Waals surface area contributed by atoms with Gasteiger partial charge >= 0.3 is 5.97 Å². The molecule has 160 valence electrons. The molecule has 0 bridgehead atoms. The Balaban J connectivity index is 1.98. The van der Waals surface area contributed by atoms with E-state index in [-0.39, 0.29) is 11.5 Å². The fraction of sp³-hybridized carbons (Fsp3) is 0.417. The molecule has 5 nitrogen and oxygen atoms in total. The Hall–Kier alpha value is -2.53. The van der Waals surface area contributed by atoms with Gasteiger partial charge in [-0.2, -0.15) is 0 Å². The third-order valence-electron chi connectivity index (χ3n) is 6.31. The number of anilines is 1. The lowest BCUT2D eigenvalue weighted by Gasteiger charge is -2.36. The number of carbonyl (C=O) groups excluding carboxylic acids is 1. The molecule has 30 heavy (non-hydrogen) atoms. The molecule has 3 rings (SSSR count). The maximum atomic E-state index is 12.5. The molecule has 0 aromatic heterocycles. The molecule has 2 atom stereocenters. The summed E-state index contributed by atoms with van der Waals surface area (Å²) in [7, 11) is 2.11. The van der Waals surface area contributed by atoms with Crippen molar-refractivity contribution in [2.75, 3.05) is 11.9 Å². The predicted octanol–water partition coefficient (Wildman–Crippen LogP) is 5.18. The molecule has 1 fully saturated rings. The zero-order chi connectivity index (χ0) is 21.8. The van der Waals surface area contributed by atoms with Crippen molar-refractivity contribution in [3.05, 3.63) is 64.2 Å². The molecule has 3 N–H and O–H groups in total. The van der Waals surface area contributed by atoms with Crippen molar-refractivity contribution in [2.24, 2.45) is 5.73 Å². The molecule has 2 aromatic carbocycles. The Morgan fingerprint density at radius 1 is 1.10 bits per heavy atom. The average Bonchev–Trinajstić information content (AvgIpc) is 2.74. The zero-order valence-corrected chi connectivity index (χ0v) is 18.2. The van der Waals surface area contributed by atoms with Gasteiger partial charge in [0.2, 0.25) is 5.91 Å². The van der Waals surface area contributed by atoms with E-state index in [1.54, 1.807) is 12.1 Å². The van der Waals surface area contributed by atoms with E-state index in [0.29, 0.717) is 16.6 Å². The molecule has 1 saturated carbocycles. The van der Waals surface area contributed by atoms with Crippen LogP contribution >= 0.6 is 11.6 Å². The van der Waals surface area contributed by atoms with Crippen LogP contribution in [0.1, 0.15) is 72.3 Å². The van der Waals surface area contributed by atoms with Crippen molar-refractivity contribution in [3.8, 4) is 0 Å². The maximum absolute atomic E-state index is 12.5. The quantitative estimate of drug-likeness (QED) is 0.636. The molecule has 0 aliphatic heterocycles. The summed E-state index contributed by atoms with van der Waals surface area (Å²) in [4.78, 5) is 25.9. The number of hydrogen-bond acceptors (Lipinski definition) is 3. The van der Waals surface area contributed by atoms with Crippen LogP contribution in [0.5, 0.6) is 0 Å². The van der Waals surface area contributed by atoms with Crippen molar-refractivity contribution < 1.29 is 14.7 Å². The molecule has 1 aliphatic rings. The molecular formula is C24H29ClN2O3. The van der Waals surface area contributed by atoms with Crippen LogP contribution in [0.3, 0.4) is 0 Å². The van der Waals surface area contributed by atoms with Crippen molar-refractivity contribution >= 4 is 29.2 Å². The van der Waals surface area contributed by atoms with Gasteiger partial charge in [0.05, 0.1) is 11.5 Å². The molecule has 0 radical (unpaired) electrons. The number of carbonyl (C=O) groups is 2. The molecular weight excluding hydrogens is 400 g/mol. The Morgan fingerprint density at radius 3 is 2.30 bits per heavy atom. The van der Waals surface area contributed by atoms with E-state index >= 15 is 0 Å². The van der Waals surface area contributed by atoms with Gasteiger partial charge in [-0.3, -0.25) is 4.79 Å². The first kappa shape index (κ1) is 22.2. The fourth-order valence-electron chi connectivity index (χ4n) is 4.59. The lowest BCUT2D eigenvalue weighted by Crippen LogP contribution is -2.34. The molecule has 1 amide bonds. The summed E-state index contributed by atoms with van der Waals surface area (Å²) in [6.07, 6.45) is 6.05. The van der Waals surface area contributed by atoms with E-state index in [9.17, 15) is 9.59 Å². The molecule has 2 aromatic rings. The average molecular weight is 429 g/mol. The monoisotopic (exact) mass is 428 g/mol. The highest BCUT2D eigenvalue weighted by Gasteiger charge is 2.30. The largest absolute Gasteiger partial charge is 0.478 e. The number of carboxylic acid groups (broad SMARTS) is 1. The molecule has 2 unspecified atom stereocenters. The van der Waals surface area contributed by atoms with Crippen LogP contribution in [0.2, 0.25) is 5.02 Å². The van der Waals surface area contributed by atoms with Gasteiger partial charge in [0, 0.05) is 23.8 Å². The highest BCUT2D eigenvalue weighted by molar-refractivity contribution is 6.30. The lowest BCUT2D eigenvalue weighted by molar-refractivity contribution is -0.119.